The largest absolute Gasteiger partial charge is 0.352 e. The van der Waals surface area contributed by atoms with Crippen LogP contribution in [0.2, 0.25) is 0 Å². The number of nitrogens with one attached hydrogen (secondary N) is 2. The van der Waals surface area contributed by atoms with E-state index in [1.807, 2.05) is 6.92 Å². The van der Waals surface area contributed by atoms with E-state index < -0.39 is 0 Å². The van der Waals surface area contributed by atoms with Crippen LogP contribution >= 0.6 is 0 Å². The third-order valence-electron chi connectivity index (χ3n) is 4.20. The number of rotatable bonds is 4. The van der Waals surface area contributed by atoms with Gasteiger partial charge in [0.1, 0.15) is 0 Å². The van der Waals surface area contributed by atoms with Crippen molar-refractivity contribution in [3.63, 3.8) is 0 Å². The van der Waals surface area contributed by atoms with Crippen molar-refractivity contribution in [3.05, 3.63) is 0 Å². The molecule has 0 heterocycles. The number of carbonyl (C=O) groups is 1. The first-order valence-electron chi connectivity index (χ1n) is 7.21. The Balaban J connectivity index is 1.67. The molecule has 0 spiro atoms. The minimum atomic E-state index is -0.0329. The van der Waals surface area contributed by atoms with E-state index in [4.69, 9.17) is 0 Å². The summed E-state index contributed by atoms with van der Waals surface area (Å²) in [6, 6.07) is 0.965. The van der Waals surface area contributed by atoms with Crippen molar-refractivity contribution < 1.29 is 4.79 Å². The monoisotopic (exact) mass is 238 g/mol. The van der Waals surface area contributed by atoms with E-state index in [1.165, 1.54) is 44.9 Å². The summed E-state index contributed by atoms with van der Waals surface area (Å²) in [7, 11) is 0. The second-order valence-corrected chi connectivity index (χ2v) is 6.01. The van der Waals surface area contributed by atoms with Crippen molar-refractivity contribution in [2.45, 2.75) is 76.9 Å². The smallest absolute Gasteiger partial charge is 0.237 e. The van der Waals surface area contributed by atoms with Crippen molar-refractivity contribution in [3.8, 4) is 0 Å². The van der Waals surface area contributed by atoms with Gasteiger partial charge in [0, 0.05) is 12.1 Å². The van der Waals surface area contributed by atoms with Crippen molar-refractivity contribution in [2.75, 3.05) is 0 Å². The second kappa shape index (κ2) is 5.85. The Labute approximate surface area is 105 Å². The van der Waals surface area contributed by atoms with E-state index >= 15 is 0 Å². The molecule has 1 amide bonds. The van der Waals surface area contributed by atoms with Crippen LogP contribution in [-0.2, 0) is 4.79 Å². The van der Waals surface area contributed by atoms with Gasteiger partial charge >= 0.3 is 0 Å². The third-order valence-corrected chi connectivity index (χ3v) is 4.20. The highest BCUT2D eigenvalue weighted by Crippen LogP contribution is 2.26. The molecule has 0 aromatic carbocycles. The van der Waals surface area contributed by atoms with Crippen molar-refractivity contribution in [2.24, 2.45) is 5.92 Å². The van der Waals surface area contributed by atoms with Gasteiger partial charge in [-0.15, -0.1) is 0 Å². The summed E-state index contributed by atoms with van der Waals surface area (Å²) in [5.74, 6) is 1.03. The summed E-state index contributed by atoms with van der Waals surface area (Å²) < 4.78 is 0. The Morgan fingerprint density at radius 3 is 2.35 bits per heavy atom. The van der Waals surface area contributed by atoms with Crippen LogP contribution in [0.4, 0.5) is 0 Å². The van der Waals surface area contributed by atoms with Crippen LogP contribution in [0.25, 0.3) is 0 Å². The highest BCUT2D eigenvalue weighted by Gasteiger charge is 2.28. The molecule has 17 heavy (non-hydrogen) atoms. The van der Waals surface area contributed by atoms with Crippen LogP contribution < -0.4 is 10.6 Å². The molecular weight excluding hydrogens is 212 g/mol. The maximum atomic E-state index is 12.0. The normalized spacial score (nSPS) is 31.6. The summed E-state index contributed by atoms with van der Waals surface area (Å²) in [5, 5.41) is 6.61. The molecule has 0 bridgehead atoms. The molecule has 0 aromatic rings. The fraction of sp³-hybridized carbons (Fsp3) is 0.929. The van der Waals surface area contributed by atoms with Gasteiger partial charge in [0.25, 0.3) is 0 Å². The zero-order valence-corrected chi connectivity index (χ0v) is 11.2. The molecule has 3 heteroatoms. The molecule has 0 aliphatic heterocycles. The van der Waals surface area contributed by atoms with Gasteiger partial charge in [0.05, 0.1) is 6.04 Å². The number of carbonyl (C=O) groups excluding carboxylic acids is 1. The lowest BCUT2D eigenvalue weighted by Gasteiger charge is -2.35. The van der Waals surface area contributed by atoms with Gasteiger partial charge in [0.15, 0.2) is 0 Å². The lowest BCUT2D eigenvalue weighted by atomic mass is 9.81. The van der Waals surface area contributed by atoms with Crippen LogP contribution in [-0.4, -0.2) is 24.0 Å². The lowest BCUT2D eigenvalue weighted by Crippen LogP contribution is -2.52. The van der Waals surface area contributed by atoms with Crippen LogP contribution in [0.5, 0.6) is 0 Å². The second-order valence-electron chi connectivity index (χ2n) is 6.01. The van der Waals surface area contributed by atoms with Gasteiger partial charge in [-0.25, -0.2) is 0 Å². The molecule has 98 valence electrons. The SMILES string of the molecule is CC1CC(NC(C)C(=O)NC2CCCCC2)C1. The molecule has 2 aliphatic carbocycles. The Morgan fingerprint density at radius 1 is 1.12 bits per heavy atom. The third kappa shape index (κ3) is 3.70. The molecule has 0 aromatic heterocycles. The van der Waals surface area contributed by atoms with Gasteiger partial charge in [-0.1, -0.05) is 26.2 Å². The fourth-order valence-corrected chi connectivity index (χ4v) is 3.04. The predicted molar refractivity (Wildman–Crippen MR) is 69.8 cm³/mol. The standard InChI is InChI=1S/C14H26N2O/c1-10-8-13(9-10)15-11(2)14(17)16-12-6-4-3-5-7-12/h10-13,15H,3-9H2,1-2H3,(H,16,17). The average Bonchev–Trinajstić information content (AvgIpc) is 2.28. The van der Waals surface area contributed by atoms with Crippen molar-refractivity contribution >= 4 is 5.91 Å². The van der Waals surface area contributed by atoms with Crippen LogP contribution in [0.3, 0.4) is 0 Å². The first-order valence-corrected chi connectivity index (χ1v) is 7.21. The lowest BCUT2D eigenvalue weighted by molar-refractivity contribution is -0.124. The Bertz CT molecular complexity index is 255. The highest BCUT2D eigenvalue weighted by molar-refractivity contribution is 5.81. The van der Waals surface area contributed by atoms with E-state index in [0.717, 1.165) is 5.92 Å². The van der Waals surface area contributed by atoms with Crippen LogP contribution in [0.15, 0.2) is 0 Å². The first-order chi connectivity index (χ1) is 8.15. The molecule has 2 fully saturated rings. The zero-order valence-electron chi connectivity index (χ0n) is 11.2. The fourth-order valence-electron chi connectivity index (χ4n) is 3.04. The molecule has 2 aliphatic rings. The van der Waals surface area contributed by atoms with E-state index in [2.05, 4.69) is 17.6 Å². The van der Waals surface area contributed by atoms with E-state index in [-0.39, 0.29) is 11.9 Å². The van der Waals surface area contributed by atoms with Gasteiger partial charge in [-0.05, 0) is 38.5 Å². The number of amides is 1. The Hall–Kier alpha value is -0.570. The van der Waals surface area contributed by atoms with Gasteiger partial charge < -0.3 is 10.6 Å². The highest BCUT2D eigenvalue weighted by atomic mass is 16.2. The molecule has 2 saturated carbocycles. The van der Waals surface area contributed by atoms with E-state index in [0.29, 0.717) is 12.1 Å². The topological polar surface area (TPSA) is 41.1 Å². The van der Waals surface area contributed by atoms with Crippen molar-refractivity contribution in [1.29, 1.82) is 0 Å². The number of hydrogen-bond donors (Lipinski definition) is 2. The Morgan fingerprint density at radius 2 is 1.76 bits per heavy atom. The summed E-state index contributed by atoms with van der Waals surface area (Å²) in [4.78, 5) is 12.0. The molecule has 0 saturated heterocycles. The molecular formula is C14H26N2O. The molecule has 1 atom stereocenters. The maximum Gasteiger partial charge on any atom is 0.237 e. The van der Waals surface area contributed by atoms with Crippen molar-refractivity contribution in [1.82, 2.24) is 10.6 Å². The van der Waals surface area contributed by atoms with Gasteiger partial charge in [-0.3, -0.25) is 4.79 Å². The predicted octanol–water partition coefficient (Wildman–Crippen LogP) is 2.21. The molecule has 3 nitrogen and oxygen atoms in total. The maximum absolute atomic E-state index is 12.0. The summed E-state index contributed by atoms with van der Waals surface area (Å²) in [5.41, 5.74) is 0. The van der Waals surface area contributed by atoms with Gasteiger partial charge in [0.2, 0.25) is 5.91 Å². The van der Waals surface area contributed by atoms with Crippen LogP contribution in [0.1, 0.15) is 58.8 Å². The molecule has 2 rings (SSSR count). The number of hydrogen-bond acceptors (Lipinski definition) is 2. The minimum absolute atomic E-state index is 0.0329. The quantitative estimate of drug-likeness (QED) is 0.788. The summed E-state index contributed by atoms with van der Waals surface area (Å²) >= 11 is 0. The Kier molecular flexibility index (Phi) is 4.43. The molecule has 1 unspecified atom stereocenters. The summed E-state index contributed by atoms with van der Waals surface area (Å²) in [6.07, 6.45) is 8.65. The zero-order chi connectivity index (χ0) is 12.3. The summed E-state index contributed by atoms with van der Waals surface area (Å²) in [6.45, 7) is 4.26. The minimum Gasteiger partial charge on any atom is -0.352 e. The van der Waals surface area contributed by atoms with E-state index in [1.54, 1.807) is 0 Å². The molecule has 2 N–H and O–H groups in total. The molecule has 0 radical (unpaired) electrons. The van der Waals surface area contributed by atoms with Gasteiger partial charge in [-0.2, -0.15) is 0 Å². The van der Waals surface area contributed by atoms with E-state index in [9.17, 15) is 4.79 Å². The van der Waals surface area contributed by atoms with Crippen LogP contribution in [0, 0.1) is 5.92 Å². The first kappa shape index (κ1) is 12.9. The average molecular weight is 238 g/mol.